The van der Waals surface area contributed by atoms with E-state index in [1.807, 2.05) is 12.3 Å². The second-order valence-electron chi connectivity index (χ2n) is 4.37. The molecule has 0 radical (unpaired) electrons. The van der Waals surface area contributed by atoms with Gasteiger partial charge < -0.3 is 15.2 Å². The first-order chi connectivity index (χ1) is 9.27. The van der Waals surface area contributed by atoms with E-state index >= 15 is 0 Å². The van der Waals surface area contributed by atoms with E-state index in [2.05, 4.69) is 22.5 Å². The van der Waals surface area contributed by atoms with Crippen LogP contribution in [-0.2, 0) is 6.54 Å². The van der Waals surface area contributed by atoms with Crippen LogP contribution in [0.2, 0.25) is 0 Å². The molecule has 19 heavy (non-hydrogen) atoms. The van der Waals surface area contributed by atoms with Gasteiger partial charge in [-0.05, 0) is 25.3 Å². The lowest BCUT2D eigenvalue weighted by Gasteiger charge is -2.11. The van der Waals surface area contributed by atoms with E-state index in [1.165, 1.54) is 0 Å². The number of unbranched alkanes of at least 4 members (excludes halogenated alkanes) is 1. The van der Waals surface area contributed by atoms with Crippen molar-refractivity contribution in [2.45, 2.75) is 32.7 Å². The monoisotopic (exact) mass is 264 g/mol. The van der Waals surface area contributed by atoms with Crippen LogP contribution < -0.4 is 16.2 Å². The summed E-state index contributed by atoms with van der Waals surface area (Å²) in [6, 6.07) is 5.24. The fourth-order valence-electron chi connectivity index (χ4n) is 1.72. The van der Waals surface area contributed by atoms with Crippen molar-refractivity contribution in [2.75, 3.05) is 20.1 Å². The van der Waals surface area contributed by atoms with Gasteiger partial charge in [-0.25, -0.2) is 0 Å². The molecular formula is C14H24N4O. The number of guanidine groups is 1. The third-order valence-corrected chi connectivity index (χ3v) is 2.78. The van der Waals surface area contributed by atoms with Crippen molar-refractivity contribution in [3.8, 4) is 0 Å². The Morgan fingerprint density at radius 3 is 2.74 bits per heavy atom. The SMILES string of the molecule is CCCNC(=NC)NCCCCn1ccccc1=O. The lowest BCUT2D eigenvalue weighted by atomic mass is 10.3. The number of aromatic nitrogens is 1. The maximum Gasteiger partial charge on any atom is 0.250 e. The van der Waals surface area contributed by atoms with E-state index in [0.29, 0.717) is 0 Å². The molecule has 0 atom stereocenters. The predicted molar refractivity (Wildman–Crippen MR) is 79.6 cm³/mol. The van der Waals surface area contributed by atoms with E-state index in [1.54, 1.807) is 23.7 Å². The molecule has 5 heteroatoms. The molecule has 0 saturated heterocycles. The molecule has 0 spiro atoms. The molecule has 0 aliphatic carbocycles. The summed E-state index contributed by atoms with van der Waals surface area (Å²) >= 11 is 0. The van der Waals surface area contributed by atoms with Gasteiger partial charge in [0, 0.05) is 38.9 Å². The van der Waals surface area contributed by atoms with Crippen molar-refractivity contribution in [1.82, 2.24) is 15.2 Å². The lowest BCUT2D eigenvalue weighted by molar-refractivity contribution is 0.585. The fourth-order valence-corrected chi connectivity index (χ4v) is 1.72. The van der Waals surface area contributed by atoms with Crippen LogP contribution in [0.1, 0.15) is 26.2 Å². The summed E-state index contributed by atoms with van der Waals surface area (Å²) in [5.74, 6) is 0.846. The number of nitrogens with zero attached hydrogens (tertiary/aromatic N) is 2. The minimum absolute atomic E-state index is 0.0656. The third-order valence-electron chi connectivity index (χ3n) is 2.78. The molecule has 1 rings (SSSR count). The van der Waals surface area contributed by atoms with Crippen molar-refractivity contribution in [2.24, 2.45) is 4.99 Å². The first kappa shape index (κ1) is 15.3. The zero-order valence-electron chi connectivity index (χ0n) is 11.9. The van der Waals surface area contributed by atoms with E-state index < -0.39 is 0 Å². The molecule has 0 aromatic carbocycles. The first-order valence-electron chi connectivity index (χ1n) is 6.88. The summed E-state index contributed by atoms with van der Waals surface area (Å²) in [4.78, 5) is 15.6. The number of aliphatic imine (C=N–C) groups is 1. The molecule has 0 bridgehead atoms. The second-order valence-corrected chi connectivity index (χ2v) is 4.37. The van der Waals surface area contributed by atoms with E-state index in [0.717, 1.165) is 44.9 Å². The second kappa shape index (κ2) is 9.19. The van der Waals surface area contributed by atoms with Crippen LogP contribution >= 0.6 is 0 Å². The van der Waals surface area contributed by atoms with Gasteiger partial charge in [0.15, 0.2) is 5.96 Å². The molecule has 5 nitrogen and oxygen atoms in total. The molecule has 1 aromatic heterocycles. The van der Waals surface area contributed by atoms with Gasteiger partial charge in [-0.15, -0.1) is 0 Å². The Labute approximate surface area is 114 Å². The van der Waals surface area contributed by atoms with Crippen molar-refractivity contribution in [1.29, 1.82) is 0 Å². The van der Waals surface area contributed by atoms with Crippen LogP contribution in [0, 0.1) is 0 Å². The number of hydrogen-bond donors (Lipinski definition) is 2. The van der Waals surface area contributed by atoms with Gasteiger partial charge in [0.1, 0.15) is 0 Å². The highest BCUT2D eigenvalue weighted by atomic mass is 16.1. The first-order valence-corrected chi connectivity index (χ1v) is 6.88. The highest BCUT2D eigenvalue weighted by Gasteiger charge is 1.96. The summed E-state index contributed by atoms with van der Waals surface area (Å²) in [5.41, 5.74) is 0.0656. The predicted octanol–water partition coefficient (Wildman–Crippen LogP) is 1.20. The van der Waals surface area contributed by atoms with Gasteiger partial charge in [-0.2, -0.15) is 0 Å². The number of pyridine rings is 1. The summed E-state index contributed by atoms with van der Waals surface area (Å²) in [6.45, 7) is 4.68. The topological polar surface area (TPSA) is 58.4 Å². The minimum atomic E-state index is 0.0656. The number of aryl methyl sites for hydroxylation is 1. The molecule has 1 aromatic rings. The smallest absolute Gasteiger partial charge is 0.250 e. The molecule has 1 heterocycles. The zero-order valence-corrected chi connectivity index (χ0v) is 11.9. The normalized spacial score (nSPS) is 11.4. The van der Waals surface area contributed by atoms with E-state index in [-0.39, 0.29) is 5.56 Å². The number of hydrogen-bond acceptors (Lipinski definition) is 2. The maximum atomic E-state index is 11.5. The Hall–Kier alpha value is -1.78. The Balaban J connectivity index is 2.17. The average Bonchev–Trinajstić information content (AvgIpc) is 2.43. The Morgan fingerprint density at radius 1 is 1.26 bits per heavy atom. The Kier molecular flexibility index (Phi) is 7.39. The Morgan fingerprint density at radius 2 is 2.05 bits per heavy atom. The molecule has 0 fully saturated rings. The van der Waals surface area contributed by atoms with Crippen molar-refractivity contribution >= 4 is 5.96 Å². The molecule has 0 unspecified atom stereocenters. The summed E-state index contributed by atoms with van der Waals surface area (Å²) < 4.78 is 1.74. The van der Waals surface area contributed by atoms with Gasteiger partial charge in [0.25, 0.3) is 0 Å². The average molecular weight is 264 g/mol. The largest absolute Gasteiger partial charge is 0.356 e. The molecule has 106 valence electrons. The van der Waals surface area contributed by atoms with Crippen LogP contribution in [0.25, 0.3) is 0 Å². The summed E-state index contributed by atoms with van der Waals surface area (Å²) in [7, 11) is 1.77. The zero-order chi connectivity index (χ0) is 13.9. The molecule has 2 N–H and O–H groups in total. The Bertz CT molecular complexity index is 439. The van der Waals surface area contributed by atoms with Gasteiger partial charge in [-0.1, -0.05) is 13.0 Å². The molecule has 0 aliphatic rings. The van der Waals surface area contributed by atoms with Crippen LogP contribution in [0.15, 0.2) is 34.2 Å². The van der Waals surface area contributed by atoms with Crippen molar-refractivity contribution < 1.29 is 0 Å². The number of rotatable bonds is 7. The number of nitrogens with one attached hydrogen (secondary N) is 2. The standard InChI is InChI=1S/C14H24N4O/c1-3-9-16-14(15-2)17-10-5-7-12-18-11-6-4-8-13(18)19/h4,6,8,11H,3,5,7,9-10,12H2,1-2H3,(H2,15,16,17). The quantitative estimate of drug-likeness (QED) is 0.442. The van der Waals surface area contributed by atoms with Crippen LogP contribution in [0.3, 0.4) is 0 Å². The van der Waals surface area contributed by atoms with Crippen LogP contribution in [0.4, 0.5) is 0 Å². The highest BCUT2D eigenvalue weighted by Crippen LogP contribution is 1.92. The summed E-state index contributed by atoms with van der Waals surface area (Å²) in [5, 5.41) is 6.48. The van der Waals surface area contributed by atoms with Gasteiger partial charge in [0.2, 0.25) is 5.56 Å². The fraction of sp³-hybridized carbons (Fsp3) is 0.571. The molecule has 0 amide bonds. The van der Waals surface area contributed by atoms with Crippen LogP contribution in [-0.4, -0.2) is 30.7 Å². The van der Waals surface area contributed by atoms with E-state index in [4.69, 9.17) is 0 Å². The van der Waals surface area contributed by atoms with Crippen molar-refractivity contribution in [3.63, 3.8) is 0 Å². The summed E-state index contributed by atoms with van der Waals surface area (Å²) in [6.07, 6.45) is 4.89. The lowest BCUT2D eigenvalue weighted by Crippen LogP contribution is -2.38. The highest BCUT2D eigenvalue weighted by molar-refractivity contribution is 5.79. The van der Waals surface area contributed by atoms with Gasteiger partial charge >= 0.3 is 0 Å². The van der Waals surface area contributed by atoms with Gasteiger partial charge in [0.05, 0.1) is 0 Å². The van der Waals surface area contributed by atoms with Gasteiger partial charge in [-0.3, -0.25) is 9.79 Å². The maximum absolute atomic E-state index is 11.5. The molecular weight excluding hydrogens is 240 g/mol. The molecule has 0 aliphatic heterocycles. The molecule has 0 saturated carbocycles. The van der Waals surface area contributed by atoms with E-state index in [9.17, 15) is 4.79 Å². The van der Waals surface area contributed by atoms with Crippen LogP contribution in [0.5, 0.6) is 0 Å². The minimum Gasteiger partial charge on any atom is -0.356 e. The van der Waals surface area contributed by atoms with Crippen molar-refractivity contribution in [3.05, 3.63) is 34.7 Å². The third kappa shape index (κ3) is 6.08.